The fourth-order valence-corrected chi connectivity index (χ4v) is 1.43. The van der Waals surface area contributed by atoms with Crippen LogP contribution >= 0.6 is 35.6 Å². The van der Waals surface area contributed by atoms with Crippen LogP contribution in [-0.4, -0.2) is 19.6 Å². The van der Waals surface area contributed by atoms with E-state index in [4.69, 9.17) is 28.5 Å². The van der Waals surface area contributed by atoms with Crippen molar-refractivity contribution in [1.82, 2.24) is 0 Å². The van der Waals surface area contributed by atoms with Crippen LogP contribution in [0.3, 0.4) is 0 Å². The number of nitrogens with zero attached hydrogens (tertiary/aromatic N) is 1. The van der Waals surface area contributed by atoms with Crippen molar-refractivity contribution in [3.63, 3.8) is 0 Å². The molecule has 6 heteroatoms. The monoisotopic (exact) mass is 379 g/mol. The zero-order valence-corrected chi connectivity index (χ0v) is 13.0. The second-order valence-electron chi connectivity index (χ2n) is 3.20. The molecule has 98 valence electrons. The maximum Gasteiger partial charge on any atom is 0.193 e. The van der Waals surface area contributed by atoms with E-state index in [9.17, 15) is 0 Å². The van der Waals surface area contributed by atoms with Crippen LogP contribution in [-0.2, 0) is 0 Å². The Hall–Kier alpha value is -1.13. The molecular formula is C12H15ClIN3O. The molecule has 0 aliphatic heterocycles. The normalized spacial score (nSPS) is 10.2. The van der Waals surface area contributed by atoms with E-state index < -0.39 is 0 Å². The Balaban J connectivity index is 0.00000289. The summed E-state index contributed by atoms with van der Waals surface area (Å²) in [6.45, 7) is 0.499. The Morgan fingerprint density at radius 1 is 1.61 bits per heavy atom. The molecule has 0 saturated heterocycles. The lowest BCUT2D eigenvalue weighted by atomic mass is 10.3. The Kier molecular flexibility index (Phi) is 8.33. The summed E-state index contributed by atoms with van der Waals surface area (Å²) in [5.74, 6) is 3.40. The van der Waals surface area contributed by atoms with E-state index >= 15 is 0 Å². The van der Waals surface area contributed by atoms with E-state index in [-0.39, 0.29) is 24.0 Å². The fourth-order valence-electron chi connectivity index (χ4n) is 1.17. The van der Waals surface area contributed by atoms with Gasteiger partial charge in [-0.1, -0.05) is 11.6 Å². The van der Waals surface area contributed by atoms with Gasteiger partial charge >= 0.3 is 0 Å². The van der Waals surface area contributed by atoms with Gasteiger partial charge < -0.3 is 15.8 Å². The van der Waals surface area contributed by atoms with Crippen LogP contribution in [0.5, 0.6) is 5.75 Å². The molecule has 4 nitrogen and oxygen atoms in total. The van der Waals surface area contributed by atoms with Crippen molar-refractivity contribution in [3.05, 3.63) is 23.2 Å². The zero-order valence-electron chi connectivity index (χ0n) is 9.94. The van der Waals surface area contributed by atoms with Crippen molar-refractivity contribution in [3.8, 4) is 18.1 Å². The standard InChI is InChI=1S/C12H14ClN3O.HI/c1-3-4-7-15-12(14)16-9-5-6-11(17-2)10(13)8-9;/h1,5-6,8H,4,7H2,2H3,(H3,14,15,16);1H. The SMILES string of the molecule is C#CCCN=C(N)Nc1ccc(OC)c(Cl)c1.I. The van der Waals surface area contributed by atoms with Gasteiger partial charge in [-0.25, -0.2) is 0 Å². The molecule has 18 heavy (non-hydrogen) atoms. The lowest BCUT2D eigenvalue weighted by Crippen LogP contribution is -2.22. The Bertz CT molecular complexity index is 457. The number of methoxy groups -OCH3 is 1. The summed E-state index contributed by atoms with van der Waals surface area (Å²) in [5, 5.41) is 3.42. The predicted octanol–water partition coefficient (Wildman–Crippen LogP) is 2.72. The summed E-state index contributed by atoms with van der Waals surface area (Å²) in [6, 6.07) is 5.26. The summed E-state index contributed by atoms with van der Waals surface area (Å²) >= 11 is 5.97. The Morgan fingerprint density at radius 3 is 2.89 bits per heavy atom. The summed E-state index contributed by atoms with van der Waals surface area (Å²) in [4.78, 5) is 4.05. The fraction of sp³-hybridized carbons (Fsp3) is 0.250. The molecule has 0 bridgehead atoms. The van der Waals surface area contributed by atoms with E-state index in [1.165, 1.54) is 0 Å². The predicted molar refractivity (Wildman–Crippen MR) is 87.0 cm³/mol. The number of halogens is 2. The number of rotatable bonds is 4. The van der Waals surface area contributed by atoms with Crippen LogP contribution in [0, 0.1) is 12.3 Å². The minimum absolute atomic E-state index is 0. The molecule has 1 aromatic rings. The van der Waals surface area contributed by atoms with E-state index in [0.29, 0.717) is 29.7 Å². The molecule has 0 spiro atoms. The maximum atomic E-state index is 5.97. The van der Waals surface area contributed by atoms with Gasteiger partial charge in [0.1, 0.15) is 5.75 Å². The van der Waals surface area contributed by atoms with Crippen LogP contribution in [0.15, 0.2) is 23.2 Å². The average molecular weight is 380 g/mol. The molecule has 0 unspecified atom stereocenters. The molecule has 0 atom stereocenters. The summed E-state index contributed by atoms with van der Waals surface area (Å²) in [6.07, 6.45) is 5.67. The Labute approximate surface area is 129 Å². The molecule has 0 radical (unpaired) electrons. The summed E-state index contributed by atoms with van der Waals surface area (Å²) in [7, 11) is 1.56. The van der Waals surface area contributed by atoms with Crippen molar-refractivity contribution in [2.75, 3.05) is 19.0 Å². The van der Waals surface area contributed by atoms with Crippen LogP contribution in [0.4, 0.5) is 5.69 Å². The van der Waals surface area contributed by atoms with Gasteiger partial charge in [0.15, 0.2) is 5.96 Å². The third-order valence-electron chi connectivity index (χ3n) is 1.96. The van der Waals surface area contributed by atoms with Crippen molar-refractivity contribution >= 4 is 47.2 Å². The van der Waals surface area contributed by atoms with Gasteiger partial charge in [-0.2, -0.15) is 0 Å². The average Bonchev–Trinajstić information content (AvgIpc) is 2.29. The minimum atomic E-state index is 0. The number of nitrogens with one attached hydrogen (secondary N) is 1. The second-order valence-corrected chi connectivity index (χ2v) is 3.60. The smallest absolute Gasteiger partial charge is 0.193 e. The van der Waals surface area contributed by atoms with Crippen molar-refractivity contribution in [2.24, 2.45) is 10.7 Å². The third kappa shape index (κ3) is 5.47. The molecule has 0 fully saturated rings. The van der Waals surface area contributed by atoms with Crippen molar-refractivity contribution < 1.29 is 4.74 Å². The highest BCUT2D eigenvalue weighted by molar-refractivity contribution is 14.0. The van der Waals surface area contributed by atoms with Gasteiger partial charge in [0.2, 0.25) is 0 Å². The van der Waals surface area contributed by atoms with E-state index in [1.807, 2.05) is 0 Å². The molecule has 0 amide bonds. The van der Waals surface area contributed by atoms with E-state index in [1.54, 1.807) is 25.3 Å². The highest BCUT2D eigenvalue weighted by Crippen LogP contribution is 2.26. The summed E-state index contributed by atoms with van der Waals surface area (Å²) in [5.41, 5.74) is 6.41. The van der Waals surface area contributed by atoms with Gasteiger partial charge in [-0.05, 0) is 18.2 Å². The van der Waals surface area contributed by atoms with Crippen LogP contribution < -0.4 is 15.8 Å². The first kappa shape index (κ1) is 16.9. The lowest BCUT2D eigenvalue weighted by molar-refractivity contribution is 0.415. The largest absolute Gasteiger partial charge is 0.495 e. The van der Waals surface area contributed by atoms with Crippen molar-refractivity contribution in [2.45, 2.75) is 6.42 Å². The van der Waals surface area contributed by atoms with Crippen LogP contribution in [0.25, 0.3) is 0 Å². The Morgan fingerprint density at radius 2 is 2.33 bits per heavy atom. The molecule has 1 aromatic carbocycles. The third-order valence-corrected chi connectivity index (χ3v) is 2.26. The first-order valence-electron chi connectivity index (χ1n) is 5.01. The van der Waals surface area contributed by atoms with Gasteiger partial charge in [0, 0.05) is 12.1 Å². The number of terminal acetylenes is 1. The van der Waals surface area contributed by atoms with Crippen LogP contribution in [0.2, 0.25) is 5.02 Å². The summed E-state index contributed by atoms with van der Waals surface area (Å²) < 4.78 is 5.04. The molecule has 0 aliphatic carbocycles. The highest BCUT2D eigenvalue weighted by Gasteiger charge is 2.02. The number of benzene rings is 1. The maximum absolute atomic E-state index is 5.97. The van der Waals surface area contributed by atoms with Crippen molar-refractivity contribution in [1.29, 1.82) is 0 Å². The van der Waals surface area contributed by atoms with Gasteiger partial charge in [-0.15, -0.1) is 36.3 Å². The topological polar surface area (TPSA) is 59.6 Å². The van der Waals surface area contributed by atoms with E-state index in [2.05, 4.69) is 16.2 Å². The van der Waals surface area contributed by atoms with E-state index in [0.717, 1.165) is 5.69 Å². The van der Waals surface area contributed by atoms with Gasteiger partial charge in [-0.3, -0.25) is 4.99 Å². The number of hydrogen-bond acceptors (Lipinski definition) is 2. The number of nitrogens with two attached hydrogens (primary N) is 1. The highest BCUT2D eigenvalue weighted by atomic mass is 127. The number of aliphatic imine (C=N–C) groups is 1. The molecule has 0 saturated carbocycles. The van der Waals surface area contributed by atoms with Crippen LogP contribution in [0.1, 0.15) is 6.42 Å². The zero-order chi connectivity index (χ0) is 12.7. The quantitative estimate of drug-likeness (QED) is 0.278. The number of ether oxygens (including phenoxy) is 1. The molecule has 1 rings (SSSR count). The van der Waals surface area contributed by atoms with Gasteiger partial charge in [0.25, 0.3) is 0 Å². The number of hydrogen-bond donors (Lipinski definition) is 2. The second kappa shape index (κ2) is 8.89. The molecular weight excluding hydrogens is 365 g/mol. The molecule has 3 N–H and O–H groups in total. The minimum Gasteiger partial charge on any atom is -0.495 e. The molecule has 0 aromatic heterocycles. The first-order chi connectivity index (χ1) is 8.17. The molecule has 0 heterocycles. The van der Waals surface area contributed by atoms with Gasteiger partial charge in [0.05, 0.1) is 18.7 Å². The first-order valence-corrected chi connectivity index (χ1v) is 5.39. The lowest BCUT2D eigenvalue weighted by Gasteiger charge is -2.08. The molecule has 0 aliphatic rings. The number of anilines is 1. The number of guanidine groups is 1.